The van der Waals surface area contributed by atoms with Crippen molar-refractivity contribution in [3.05, 3.63) is 96.9 Å². The zero-order valence-corrected chi connectivity index (χ0v) is 15.7. The van der Waals surface area contributed by atoms with Crippen LogP contribution in [-0.2, 0) is 0 Å². The second-order valence-electron chi connectivity index (χ2n) is 6.58. The van der Waals surface area contributed by atoms with Crippen molar-refractivity contribution in [3.63, 3.8) is 0 Å². The van der Waals surface area contributed by atoms with Gasteiger partial charge < -0.3 is 0 Å². The molecular weight excluding hydrogens is 379 g/mol. The minimum Gasteiger partial charge on any atom is -0.236 e. The third-order valence-corrected chi connectivity index (χ3v) is 4.63. The minimum absolute atomic E-state index is 0.346. The van der Waals surface area contributed by atoms with Crippen LogP contribution in [0, 0.1) is 5.82 Å². The van der Waals surface area contributed by atoms with E-state index in [-0.39, 0.29) is 5.82 Å². The molecule has 0 unspecified atom stereocenters. The molecule has 0 spiro atoms. The SMILES string of the molecule is Fc1cccc(-c2nc(-c3ccccc3)ncc2-c2nnnn2-c2ccccc2)c1. The summed E-state index contributed by atoms with van der Waals surface area (Å²) >= 11 is 0. The van der Waals surface area contributed by atoms with E-state index in [1.54, 1.807) is 23.0 Å². The van der Waals surface area contributed by atoms with E-state index in [4.69, 9.17) is 4.98 Å². The van der Waals surface area contributed by atoms with Gasteiger partial charge in [0.15, 0.2) is 11.6 Å². The van der Waals surface area contributed by atoms with E-state index in [0.717, 1.165) is 11.3 Å². The van der Waals surface area contributed by atoms with Crippen molar-refractivity contribution in [2.75, 3.05) is 0 Å². The van der Waals surface area contributed by atoms with Crippen molar-refractivity contribution < 1.29 is 4.39 Å². The van der Waals surface area contributed by atoms with Crippen LogP contribution in [0.3, 0.4) is 0 Å². The molecule has 5 aromatic rings. The third-order valence-electron chi connectivity index (χ3n) is 4.63. The number of benzene rings is 3. The number of hydrogen-bond donors (Lipinski definition) is 0. The third kappa shape index (κ3) is 3.33. The van der Waals surface area contributed by atoms with Gasteiger partial charge >= 0.3 is 0 Å². The van der Waals surface area contributed by atoms with Crippen LogP contribution >= 0.6 is 0 Å². The summed E-state index contributed by atoms with van der Waals surface area (Å²) in [6, 6.07) is 25.5. The number of halogens is 1. The number of para-hydroxylation sites is 1. The maximum absolute atomic E-state index is 14.0. The Balaban J connectivity index is 1.73. The zero-order chi connectivity index (χ0) is 20.3. The second-order valence-corrected chi connectivity index (χ2v) is 6.58. The lowest BCUT2D eigenvalue weighted by Crippen LogP contribution is -2.03. The quantitative estimate of drug-likeness (QED) is 0.446. The molecule has 0 amide bonds. The van der Waals surface area contributed by atoms with Gasteiger partial charge in [-0.05, 0) is 34.7 Å². The smallest absolute Gasteiger partial charge is 0.190 e. The van der Waals surface area contributed by atoms with Gasteiger partial charge in [0.2, 0.25) is 0 Å². The van der Waals surface area contributed by atoms with Gasteiger partial charge in [0.05, 0.1) is 16.9 Å². The first-order valence-electron chi connectivity index (χ1n) is 9.32. The fourth-order valence-electron chi connectivity index (χ4n) is 3.23. The van der Waals surface area contributed by atoms with E-state index in [2.05, 4.69) is 20.5 Å². The molecule has 0 aliphatic heterocycles. The topological polar surface area (TPSA) is 69.4 Å². The van der Waals surface area contributed by atoms with Crippen molar-refractivity contribution in [1.29, 1.82) is 0 Å². The van der Waals surface area contributed by atoms with Crippen LogP contribution in [-0.4, -0.2) is 30.2 Å². The van der Waals surface area contributed by atoms with E-state index in [9.17, 15) is 4.39 Å². The highest BCUT2D eigenvalue weighted by Gasteiger charge is 2.19. The van der Waals surface area contributed by atoms with E-state index in [1.165, 1.54) is 12.1 Å². The van der Waals surface area contributed by atoms with E-state index < -0.39 is 0 Å². The normalized spacial score (nSPS) is 10.8. The average Bonchev–Trinajstić information content (AvgIpc) is 3.30. The number of rotatable bonds is 4. The summed E-state index contributed by atoms with van der Waals surface area (Å²) in [7, 11) is 0. The molecule has 30 heavy (non-hydrogen) atoms. The Morgan fingerprint density at radius 1 is 0.767 bits per heavy atom. The molecule has 2 heterocycles. The van der Waals surface area contributed by atoms with Gasteiger partial charge in [-0.1, -0.05) is 60.7 Å². The van der Waals surface area contributed by atoms with Crippen LogP contribution in [0.5, 0.6) is 0 Å². The van der Waals surface area contributed by atoms with Gasteiger partial charge in [0.1, 0.15) is 5.82 Å². The molecule has 2 aromatic heterocycles. The van der Waals surface area contributed by atoms with Crippen molar-refractivity contribution in [2.45, 2.75) is 0 Å². The van der Waals surface area contributed by atoms with Crippen molar-refractivity contribution >= 4 is 0 Å². The highest BCUT2D eigenvalue weighted by Crippen LogP contribution is 2.31. The monoisotopic (exact) mass is 394 g/mol. The van der Waals surface area contributed by atoms with Crippen LogP contribution in [0.25, 0.3) is 39.7 Å². The van der Waals surface area contributed by atoms with Gasteiger partial charge in [-0.2, -0.15) is 4.68 Å². The molecule has 0 aliphatic rings. The van der Waals surface area contributed by atoms with Crippen LogP contribution in [0.1, 0.15) is 0 Å². The summed E-state index contributed by atoms with van der Waals surface area (Å²) in [5, 5.41) is 12.2. The first kappa shape index (κ1) is 17.8. The molecule has 0 radical (unpaired) electrons. The second kappa shape index (κ2) is 7.63. The van der Waals surface area contributed by atoms with Crippen LogP contribution in [0.15, 0.2) is 91.1 Å². The molecular formula is C23H15FN6. The summed E-state index contributed by atoms with van der Waals surface area (Å²) in [5.74, 6) is 0.665. The predicted molar refractivity (Wildman–Crippen MR) is 111 cm³/mol. The number of hydrogen-bond acceptors (Lipinski definition) is 5. The van der Waals surface area contributed by atoms with Gasteiger partial charge in [0, 0.05) is 17.3 Å². The Morgan fingerprint density at radius 2 is 1.50 bits per heavy atom. The summed E-state index contributed by atoms with van der Waals surface area (Å²) in [6.07, 6.45) is 1.68. The van der Waals surface area contributed by atoms with Crippen LogP contribution < -0.4 is 0 Å². The Bertz CT molecular complexity index is 1300. The lowest BCUT2D eigenvalue weighted by Gasteiger charge is -2.11. The average molecular weight is 394 g/mol. The summed E-state index contributed by atoms with van der Waals surface area (Å²) < 4.78 is 15.6. The number of tetrazole rings is 1. The maximum atomic E-state index is 14.0. The molecule has 5 rings (SSSR count). The molecule has 0 saturated heterocycles. The molecule has 0 saturated carbocycles. The molecule has 6 nitrogen and oxygen atoms in total. The van der Waals surface area contributed by atoms with Crippen molar-refractivity contribution in [1.82, 2.24) is 30.2 Å². The lowest BCUT2D eigenvalue weighted by molar-refractivity contribution is 0.628. The molecule has 0 aliphatic carbocycles. The first-order valence-corrected chi connectivity index (χ1v) is 9.32. The Morgan fingerprint density at radius 3 is 2.27 bits per heavy atom. The fraction of sp³-hybridized carbons (Fsp3) is 0. The zero-order valence-electron chi connectivity index (χ0n) is 15.7. The Hall–Kier alpha value is -4.26. The standard InChI is InChI=1S/C23H15FN6/c24-18-11-7-10-17(14-18)21-20(15-25-22(26-21)16-8-3-1-4-9-16)23-27-28-29-30(23)19-12-5-2-6-13-19/h1-15H. The fourth-order valence-corrected chi connectivity index (χ4v) is 3.23. The lowest BCUT2D eigenvalue weighted by atomic mass is 10.1. The Kier molecular flexibility index (Phi) is 4.53. The summed E-state index contributed by atoms with van der Waals surface area (Å²) in [4.78, 5) is 9.29. The Labute approximate surface area is 171 Å². The van der Waals surface area contributed by atoms with Gasteiger partial charge in [-0.25, -0.2) is 14.4 Å². The van der Waals surface area contributed by atoms with Crippen LogP contribution in [0.4, 0.5) is 4.39 Å². The van der Waals surface area contributed by atoms with Gasteiger partial charge in [-0.15, -0.1) is 5.10 Å². The summed E-state index contributed by atoms with van der Waals surface area (Å²) in [5.41, 5.74) is 3.44. The van der Waals surface area contributed by atoms with Crippen molar-refractivity contribution in [3.8, 4) is 39.7 Å². The molecule has 144 valence electrons. The number of nitrogens with zero attached hydrogens (tertiary/aromatic N) is 6. The molecule has 0 N–H and O–H groups in total. The largest absolute Gasteiger partial charge is 0.236 e. The predicted octanol–water partition coefficient (Wildman–Crippen LogP) is 4.59. The minimum atomic E-state index is -0.346. The highest BCUT2D eigenvalue weighted by molar-refractivity contribution is 5.79. The van der Waals surface area contributed by atoms with Gasteiger partial charge in [0.25, 0.3) is 0 Å². The maximum Gasteiger partial charge on any atom is 0.190 e. The molecule has 0 fully saturated rings. The summed E-state index contributed by atoms with van der Waals surface area (Å²) in [6.45, 7) is 0. The molecule has 3 aromatic carbocycles. The number of aromatic nitrogens is 6. The molecule has 7 heteroatoms. The first-order chi connectivity index (χ1) is 14.8. The van der Waals surface area contributed by atoms with E-state index >= 15 is 0 Å². The van der Waals surface area contributed by atoms with Crippen molar-refractivity contribution in [2.24, 2.45) is 0 Å². The van der Waals surface area contributed by atoms with Gasteiger partial charge in [-0.3, -0.25) is 0 Å². The molecule has 0 atom stereocenters. The van der Waals surface area contributed by atoms with E-state index in [1.807, 2.05) is 60.7 Å². The van der Waals surface area contributed by atoms with E-state index in [0.29, 0.717) is 28.5 Å². The molecule has 0 bridgehead atoms. The van der Waals surface area contributed by atoms with Crippen LogP contribution in [0.2, 0.25) is 0 Å². The highest BCUT2D eigenvalue weighted by atomic mass is 19.1.